The van der Waals surface area contributed by atoms with E-state index in [9.17, 15) is 13.2 Å². The van der Waals surface area contributed by atoms with Gasteiger partial charge in [-0.05, 0) is 49.4 Å². The minimum Gasteiger partial charge on any atom is -0.496 e. The van der Waals surface area contributed by atoms with E-state index in [2.05, 4.69) is 9.71 Å². The number of carbonyl (C=O) groups excluding carboxylic acids is 1. The highest BCUT2D eigenvalue weighted by atomic mass is 35.5. The molecule has 0 aliphatic carbocycles. The third kappa shape index (κ3) is 6.51. The number of ether oxygens (including phenoxy) is 1. The zero-order chi connectivity index (χ0) is 24.0. The van der Waals surface area contributed by atoms with Crippen LogP contribution in [-0.2, 0) is 15.8 Å². The number of hydrogen-bond donors (Lipinski definition) is 1. The second-order valence-corrected chi connectivity index (χ2v) is 10.1. The summed E-state index contributed by atoms with van der Waals surface area (Å²) in [7, 11) is -2.48. The molecule has 0 saturated carbocycles. The number of Topliss-reactive ketones (excluding diaryl/α,β-unsaturated/α-hetero) is 1. The monoisotopic (exact) mass is 522 g/mol. The molecule has 0 atom stereocenters. The molecule has 3 rings (SSSR count). The SMILES string of the molecule is COc1ccc(C(C)=O)cc1CS/C(=N\S(=O)(=O)c1ccccc1)Nc1cccc(Cl)c1Cl. The Morgan fingerprint density at radius 1 is 1.06 bits per heavy atom. The van der Waals surface area contributed by atoms with Crippen molar-refractivity contribution in [2.75, 3.05) is 12.4 Å². The highest BCUT2D eigenvalue weighted by Crippen LogP contribution is 2.32. The van der Waals surface area contributed by atoms with E-state index in [0.717, 1.165) is 11.8 Å². The molecule has 0 amide bonds. The average molecular weight is 523 g/mol. The van der Waals surface area contributed by atoms with Gasteiger partial charge >= 0.3 is 0 Å². The zero-order valence-corrected chi connectivity index (χ0v) is 20.9. The quantitative estimate of drug-likeness (QED) is 0.223. The van der Waals surface area contributed by atoms with Crippen molar-refractivity contribution in [2.45, 2.75) is 17.6 Å². The molecule has 172 valence electrons. The van der Waals surface area contributed by atoms with E-state index in [-0.39, 0.29) is 26.6 Å². The summed E-state index contributed by atoms with van der Waals surface area (Å²) in [6.07, 6.45) is 0. The number of sulfonamides is 1. The van der Waals surface area contributed by atoms with Crippen molar-refractivity contribution in [2.24, 2.45) is 4.40 Å². The maximum Gasteiger partial charge on any atom is 0.284 e. The van der Waals surface area contributed by atoms with Crippen molar-refractivity contribution in [1.82, 2.24) is 0 Å². The number of methoxy groups -OCH3 is 1. The van der Waals surface area contributed by atoms with E-state index < -0.39 is 10.0 Å². The minimum atomic E-state index is -4.00. The molecule has 33 heavy (non-hydrogen) atoms. The molecule has 0 saturated heterocycles. The van der Waals surface area contributed by atoms with E-state index in [1.54, 1.807) is 54.6 Å². The Bertz CT molecular complexity index is 1300. The van der Waals surface area contributed by atoms with Crippen LogP contribution in [0.15, 0.2) is 76.0 Å². The fourth-order valence-electron chi connectivity index (χ4n) is 2.81. The number of nitrogens with one attached hydrogen (secondary N) is 1. The number of ketones is 1. The zero-order valence-electron chi connectivity index (χ0n) is 17.7. The van der Waals surface area contributed by atoms with Gasteiger partial charge in [0.05, 0.1) is 27.7 Å². The predicted octanol–water partition coefficient (Wildman–Crippen LogP) is 6.29. The summed E-state index contributed by atoms with van der Waals surface area (Å²) < 4.78 is 35.2. The highest BCUT2D eigenvalue weighted by Gasteiger charge is 2.17. The third-order valence-electron chi connectivity index (χ3n) is 4.49. The molecule has 0 unspecified atom stereocenters. The summed E-state index contributed by atoms with van der Waals surface area (Å²) in [5.74, 6) is 0.755. The molecule has 0 heterocycles. The van der Waals surface area contributed by atoms with Gasteiger partial charge in [0, 0.05) is 16.9 Å². The van der Waals surface area contributed by atoms with Gasteiger partial charge < -0.3 is 10.1 Å². The second-order valence-electron chi connectivity index (χ2n) is 6.78. The highest BCUT2D eigenvalue weighted by molar-refractivity contribution is 8.14. The van der Waals surface area contributed by atoms with Crippen molar-refractivity contribution in [3.05, 3.63) is 87.9 Å². The van der Waals surface area contributed by atoms with E-state index in [4.69, 9.17) is 27.9 Å². The number of rotatable bonds is 7. The van der Waals surface area contributed by atoms with Crippen molar-refractivity contribution >= 4 is 61.6 Å². The third-order valence-corrected chi connectivity index (χ3v) is 7.64. The molecule has 0 fully saturated rings. The van der Waals surface area contributed by atoms with Crippen LogP contribution >= 0.6 is 35.0 Å². The number of anilines is 1. The lowest BCUT2D eigenvalue weighted by Gasteiger charge is -2.14. The summed E-state index contributed by atoms with van der Waals surface area (Å²) in [6, 6.07) is 17.9. The first-order valence-electron chi connectivity index (χ1n) is 9.63. The van der Waals surface area contributed by atoms with Gasteiger partial charge in [0.2, 0.25) is 0 Å². The molecule has 3 aromatic rings. The van der Waals surface area contributed by atoms with E-state index in [0.29, 0.717) is 27.6 Å². The number of hydrogen-bond acceptors (Lipinski definition) is 5. The molecule has 10 heteroatoms. The summed E-state index contributed by atoms with van der Waals surface area (Å²) in [5.41, 5.74) is 1.63. The Kier molecular flexibility index (Phi) is 8.42. The second kappa shape index (κ2) is 11.1. The average Bonchev–Trinajstić information content (AvgIpc) is 2.80. The number of thioether (sulfide) groups is 1. The van der Waals surface area contributed by atoms with Gasteiger partial charge in [0.1, 0.15) is 5.75 Å². The summed E-state index contributed by atoms with van der Waals surface area (Å²) >= 11 is 13.5. The lowest BCUT2D eigenvalue weighted by atomic mass is 10.1. The van der Waals surface area contributed by atoms with Crippen LogP contribution in [0.3, 0.4) is 0 Å². The number of benzene rings is 3. The van der Waals surface area contributed by atoms with Crippen LogP contribution in [-0.4, -0.2) is 26.5 Å². The lowest BCUT2D eigenvalue weighted by Crippen LogP contribution is -2.12. The van der Waals surface area contributed by atoms with Crippen molar-refractivity contribution in [3.8, 4) is 5.75 Å². The molecular weight excluding hydrogens is 503 g/mol. The van der Waals surface area contributed by atoms with Crippen LogP contribution in [0.2, 0.25) is 10.0 Å². The van der Waals surface area contributed by atoms with Gasteiger partial charge in [-0.15, -0.1) is 4.40 Å². The number of carbonyl (C=O) groups is 1. The number of nitrogens with zero attached hydrogens (tertiary/aromatic N) is 1. The summed E-state index contributed by atoms with van der Waals surface area (Å²) in [6.45, 7) is 1.47. The first-order chi connectivity index (χ1) is 15.7. The molecule has 0 aliphatic rings. The van der Waals surface area contributed by atoms with Crippen LogP contribution in [0.5, 0.6) is 5.75 Å². The summed E-state index contributed by atoms with van der Waals surface area (Å²) in [5, 5.41) is 3.60. The van der Waals surface area contributed by atoms with Gasteiger partial charge in [-0.3, -0.25) is 4.79 Å². The maximum atomic E-state index is 12.9. The van der Waals surface area contributed by atoms with Crippen molar-refractivity contribution < 1.29 is 17.9 Å². The number of halogens is 2. The fourth-order valence-corrected chi connectivity index (χ4v) is 5.23. The van der Waals surface area contributed by atoms with Crippen LogP contribution in [0.1, 0.15) is 22.8 Å². The molecule has 6 nitrogen and oxygen atoms in total. The van der Waals surface area contributed by atoms with Gasteiger partial charge in [-0.1, -0.05) is 59.2 Å². The summed E-state index contributed by atoms with van der Waals surface area (Å²) in [4.78, 5) is 11.9. The minimum absolute atomic E-state index is 0.0539. The standard InChI is InChI=1S/C23H20Cl2N2O4S2/c1-15(28)16-11-12-21(31-2)17(13-16)14-32-23(26-20-10-6-9-19(24)22(20)25)27-33(29,30)18-7-4-3-5-8-18/h3-13H,14H2,1-2H3,(H,26,27). The van der Waals surface area contributed by atoms with Gasteiger partial charge in [-0.25, -0.2) is 0 Å². The van der Waals surface area contributed by atoms with Crippen LogP contribution < -0.4 is 10.1 Å². The van der Waals surface area contributed by atoms with E-state index in [1.165, 1.54) is 26.2 Å². The molecule has 0 spiro atoms. The molecular formula is C23H20Cl2N2O4S2. The number of amidine groups is 1. The Morgan fingerprint density at radius 3 is 2.45 bits per heavy atom. The Balaban J connectivity index is 1.98. The lowest BCUT2D eigenvalue weighted by molar-refractivity contribution is 0.101. The fraction of sp³-hybridized carbons (Fsp3) is 0.130. The predicted molar refractivity (Wildman–Crippen MR) is 135 cm³/mol. The smallest absolute Gasteiger partial charge is 0.284 e. The van der Waals surface area contributed by atoms with Gasteiger partial charge in [0.25, 0.3) is 10.0 Å². The molecule has 0 aromatic heterocycles. The maximum absolute atomic E-state index is 12.9. The first-order valence-corrected chi connectivity index (χ1v) is 12.8. The Morgan fingerprint density at radius 2 is 1.79 bits per heavy atom. The van der Waals surface area contributed by atoms with Crippen molar-refractivity contribution in [1.29, 1.82) is 0 Å². The van der Waals surface area contributed by atoms with E-state index >= 15 is 0 Å². The Hall–Kier alpha value is -2.52. The molecule has 1 N–H and O–H groups in total. The largest absolute Gasteiger partial charge is 0.496 e. The topological polar surface area (TPSA) is 84.8 Å². The molecule has 0 bridgehead atoms. The molecule has 0 radical (unpaired) electrons. The Labute approximate surface area is 207 Å². The van der Waals surface area contributed by atoms with Crippen LogP contribution in [0.4, 0.5) is 5.69 Å². The normalized spacial score (nSPS) is 11.8. The molecule has 0 aliphatic heterocycles. The van der Waals surface area contributed by atoms with Gasteiger partial charge in [-0.2, -0.15) is 8.42 Å². The van der Waals surface area contributed by atoms with Crippen molar-refractivity contribution in [3.63, 3.8) is 0 Å². The van der Waals surface area contributed by atoms with E-state index in [1.807, 2.05) is 0 Å². The van der Waals surface area contributed by atoms with Crippen LogP contribution in [0, 0.1) is 0 Å². The molecule has 3 aromatic carbocycles. The van der Waals surface area contributed by atoms with Crippen LogP contribution in [0.25, 0.3) is 0 Å². The first kappa shape index (κ1) is 25.1. The van der Waals surface area contributed by atoms with Gasteiger partial charge in [0.15, 0.2) is 11.0 Å².